The molecule has 3 aromatic rings. The first kappa shape index (κ1) is 33.9. The van der Waals surface area contributed by atoms with Crippen LogP contribution in [0, 0.1) is 0 Å². The highest BCUT2D eigenvalue weighted by atomic mass is 79.9. The third-order valence-corrected chi connectivity index (χ3v) is 8.83. The number of halogens is 1. The van der Waals surface area contributed by atoms with Crippen LogP contribution < -0.4 is 19.1 Å². The fourth-order valence-electron chi connectivity index (χ4n) is 4.44. The number of amides is 2. The third-order valence-electron chi connectivity index (χ3n) is 6.51. The molecule has 0 aliphatic heterocycles. The predicted octanol–water partition coefficient (Wildman–Crippen LogP) is 5.77. The second kappa shape index (κ2) is 14.7. The summed E-state index contributed by atoms with van der Waals surface area (Å²) in [6, 6.07) is 19.1. The number of hydrogen-bond acceptors (Lipinski definition) is 6. The van der Waals surface area contributed by atoms with E-state index in [0.29, 0.717) is 24.5 Å². The minimum Gasteiger partial charge on any atom is -0.497 e. The molecule has 0 spiro atoms. The Bertz CT molecular complexity index is 1470. The molecule has 0 radical (unpaired) electrons. The van der Waals surface area contributed by atoms with E-state index in [9.17, 15) is 18.0 Å². The first-order valence-corrected chi connectivity index (χ1v) is 16.3. The minimum atomic E-state index is -4.18. The first-order chi connectivity index (χ1) is 20.3. The molecule has 0 saturated heterocycles. The number of benzene rings is 3. The summed E-state index contributed by atoms with van der Waals surface area (Å²) in [5, 5.41) is 2.97. The van der Waals surface area contributed by atoms with Crippen molar-refractivity contribution in [3.63, 3.8) is 0 Å². The van der Waals surface area contributed by atoms with E-state index in [4.69, 9.17) is 9.47 Å². The summed E-state index contributed by atoms with van der Waals surface area (Å²) in [5.74, 6) is 0.382. The van der Waals surface area contributed by atoms with Gasteiger partial charge >= 0.3 is 0 Å². The van der Waals surface area contributed by atoms with Crippen LogP contribution in [0.25, 0.3) is 0 Å². The van der Waals surface area contributed by atoms with Crippen molar-refractivity contribution in [2.45, 2.75) is 64.1 Å². The largest absolute Gasteiger partial charge is 0.497 e. The third kappa shape index (κ3) is 9.21. The molecule has 0 aliphatic carbocycles. The van der Waals surface area contributed by atoms with E-state index >= 15 is 0 Å². The highest BCUT2D eigenvalue weighted by molar-refractivity contribution is 9.10. The molecule has 0 aromatic heterocycles. The number of nitrogens with zero attached hydrogens (tertiary/aromatic N) is 2. The molecule has 1 atom stereocenters. The number of hydrogen-bond donors (Lipinski definition) is 1. The molecule has 43 heavy (non-hydrogen) atoms. The van der Waals surface area contributed by atoms with Gasteiger partial charge in [0.2, 0.25) is 11.8 Å². The highest BCUT2D eigenvalue weighted by Crippen LogP contribution is 2.28. The van der Waals surface area contributed by atoms with Crippen LogP contribution in [0.4, 0.5) is 5.69 Å². The predicted molar refractivity (Wildman–Crippen MR) is 172 cm³/mol. The van der Waals surface area contributed by atoms with Gasteiger partial charge < -0.3 is 19.7 Å². The van der Waals surface area contributed by atoms with Gasteiger partial charge in [0.1, 0.15) is 24.1 Å². The van der Waals surface area contributed by atoms with Crippen molar-refractivity contribution in [1.82, 2.24) is 10.2 Å². The van der Waals surface area contributed by atoms with Gasteiger partial charge in [-0.2, -0.15) is 0 Å². The number of sulfonamides is 1. The maximum absolute atomic E-state index is 14.2. The van der Waals surface area contributed by atoms with Gasteiger partial charge in [0.15, 0.2) is 0 Å². The summed E-state index contributed by atoms with van der Waals surface area (Å²) >= 11 is 3.35. The fourth-order valence-corrected chi connectivity index (χ4v) is 6.12. The molecule has 0 saturated carbocycles. The van der Waals surface area contributed by atoms with E-state index in [0.717, 1.165) is 14.3 Å². The molecular formula is C32H40BrN3O6S. The lowest BCUT2D eigenvalue weighted by Crippen LogP contribution is -2.55. The van der Waals surface area contributed by atoms with Gasteiger partial charge in [-0.1, -0.05) is 35.0 Å². The Labute approximate surface area is 263 Å². The Morgan fingerprint density at radius 2 is 1.49 bits per heavy atom. The molecule has 0 heterocycles. The molecular weight excluding hydrogens is 634 g/mol. The smallest absolute Gasteiger partial charge is 0.264 e. The molecule has 2 amide bonds. The van der Waals surface area contributed by atoms with Crippen LogP contribution >= 0.6 is 15.9 Å². The molecule has 0 aliphatic rings. The standard InChI is InChI=1S/C32H40BrN3O6S/c1-7-29(31(38)34-32(3,4)5)35(21-23-9-15-26(41-6)16-10-23)30(37)22-36(25-13-17-27(18-14-25)42-8-2)43(39,40)28-19-11-24(33)12-20-28/h9-20,29H,7-8,21-22H2,1-6H3,(H,34,38)/t29-/m1/s1. The maximum atomic E-state index is 14.2. The van der Waals surface area contributed by atoms with Gasteiger partial charge in [0.25, 0.3) is 10.0 Å². The van der Waals surface area contributed by atoms with Gasteiger partial charge in [-0.3, -0.25) is 13.9 Å². The Morgan fingerprint density at radius 1 is 0.907 bits per heavy atom. The zero-order valence-electron chi connectivity index (χ0n) is 25.5. The van der Waals surface area contributed by atoms with E-state index < -0.39 is 34.1 Å². The lowest BCUT2D eigenvalue weighted by molar-refractivity contribution is -0.141. The van der Waals surface area contributed by atoms with E-state index in [1.165, 1.54) is 17.0 Å². The van der Waals surface area contributed by atoms with Crippen molar-refractivity contribution in [3.05, 3.63) is 82.8 Å². The van der Waals surface area contributed by atoms with Gasteiger partial charge in [0.05, 0.1) is 24.3 Å². The summed E-state index contributed by atoms with van der Waals surface area (Å²) in [6.07, 6.45) is 0.326. The van der Waals surface area contributed by atoms with Crippen LogP contribution in [-0.4, -0.2) is 57.0 Å². The number of anilines is 1. The van der Waals surface area contributed by atoms with Crippen molar-refractivity contribution in [1.29, 1.82) is 0 Å². The minimum absolute atomic E-state index is 0.0246. The van der Waals surface area contributed by atoms with Crippen LogP contribution in [0.1, 0.15) is 46.6 Å². The van der Waals surface area contributed by atoms with E-state index in [1.54, 1.807) is 55.6 Å². The molecule has 3 rings (SSSR count). The number of rotatable bonds is 13. The number of carbonyl (C=O) groups excluding carboxylic acids is 2. The molecule has 9 nitrogen and oxygen atoms in total. The maximum Gasteiger partial charge on any atom is 0.264 e. The van der Waals surface area contributed by atoms with Crippen molar-refractivity contribution in [2.24, 2.45) is 0 Å². The lowest BCUT2D eigenvalue weighted by Gasteiger charge is -2.34. The molecule has 1 N–H and O–H groups in total. The van der Waals surface area contributed by atoms with Crippen LogP contribution in [-0.2, 0) is 26.2 Å². The van der Waals surface area contributed by atoms with Crippen LogP contribution in [0.15, 0.2) is 82.2 Å². The van der Waals surface area contributed by atoms with Gasteiger partial charge in [-0.15, -0.1) is 0 Å². The fraction of sp³-hybridized carbons (Fsp3) is 0.375. The normalized spacial score (nSPS) is 12.3. The molecule has 0 fully saturated rings. The van der Waals surface area contributed by atoms with Crippen molar-refractivity contribution in [3.8, 4) is 11.5 Å². The molecule has 11 heteroatoms. The Morgan fingerprint density at radius 3 is 2.00 bits per heavy atom. The highest BCUT2D eigenvalue weighted by Gasteiger charge is 2.34. The average Bonchev–Trinajstić information content (AvgIpc) is 2.96. The zero-order valence-corrected chi connectivity index (χ0v) is 27.9. The Kier molecular flexibility index (Phi) is 11.6. The molecule has 232 valence electrons. The number of nitrogens with one attached hydrogen (secondary N) is 1. The van der Waals surface area contributed by atoms with Crippen LogP contribution in [0.2, 0.25) is 0 Å². The SMILES string of the molecule is CCOc1ccc(N(CC(=O)N(Cc2ccc(OC)cc2)[C@H](CC)C(=O)NC(C)(C)C)S(=O)(=O)c2ccc(Br)cc2)cc1. The summed E-state index contributed by atoms with van der Waals surface area (Å²) in [4.78, 5) is 29.1. The van der Waals surface area contributed by atoms with Crippen molar-refractivity contribution in [2.75, 3.05) is 24.6 Å². The van der Waals surface area contributed by atoms with Crippen molar-refractivity contribution < 1.29 is 27.5 Å². The Hall–Kier alpha value is -3.57. The van der Waals surface area contributed by atoms with Gasteiger partial charge in [0, 0.05) is 16.6 Å². The van der Waals surface area contributed by atoms with Crippen LogP contribution in [0.3, 0.4) is 0 Å². The zero-order chi connectivity index (χ0) is 31.8. The summed E-state index contributed by atoms with van der Waals surface area (Å²) in [7, 11) is -2.62. The first-order valence-electron chi connectivity index (χ1n) is 14.0. The monoisotopic (exact) mass is 673 g/mol. The van der Waals surface area contributed by atoms with Gasteiger partial charge in [-0.05, 0) is 100 Å². The summed E-state index contributed by atoms with van der Waals surface area (Å²) < 4.78 is 40.6. The average molecular weight is 675 g/mol. The second-order valence-corrected chi connectivity index (χ2v) is 13.7. The van der Waals surface area contributed by atoms with E-state index in [-0.39, 0.29) is 23.0 Å². The quantitative estimate of drug-likeness (QED) is 0.247. The topological polar surface area (TPSA) is 105 Å². The summed E-state index contributed by atoms with van der Waals surface area (Å²) in [6.45, 7) is 9.30. The molecule has 0 unspecified atom stereocenters. The van der Waals surface area contributed by atoms with E-state index in [1.807, 2.05) is 46.8 Å². The van der Waals surface area contributed by atoms with E-state index in [2.05, 4.69) is 21.2 Å². The number of methoxy groups -OCH3 is 1. The number of ether oxygens (including phenoxy) is 2. The number of carbonyl (C=O) groups is 2. The second-order valence-electron chi connectivity index (χ2n) is 10.9. The van der Waals surface area contributed by atoms with Crippen LogP contribution in [0.5, 0.6) is 11.5 Å². The van der Waals surface area contributed by atoms with Crippen molar-refractivity contribution >= 4 is 43.5 Å². The molecule has 3 aromatic carbocycles. The lowest BCUT2D eigenvalue weighted by atomic mass is 10.1. The Balaban J connectivity index is 2.07. The van der Waals surface area contributed by atoms with Gasteiger partial charge in [-0.25, -0.2) is 8.42 Å². The molecule has 0 bridgehead atoms. The summed E-state index contributed by atoms with van der Waals surface area (Å²) in [5.41, 5.74) is 0.523.